The molecule has 44 heavy (non-hydrogen) atoms. The molecule has 7 nitrogen and oxygen atoms in total. The van der Waals surface area contributed by atoms with Crippen LogP contribution in [0.2, 0.25) is 0 Å². The Labute approximate surface area is 258 Å². The highest BCUT2D eigenvalue weighted by Gasteiger charge is 2.39. The molecule has 1 atom stereocenters. The van der Waals surface area contributed by atoms with Crippen LogP contribution in [0.5, 0.6) is 5.75 Å². The van der Waals surface area contributed by atoms with Crippen LogP contribution < -0.4 is 4.74 Å². The smallest absolute Gasteiger partial charge is 0.419 e. The number of carbonyl (C=O) groups excluding carboxylic acids is 1. The molecule has 1 aromatic heterocycles. The van der Waals surface area contributed by atoms with Gasteiger partial charge >= 0.3 is 6.09 Å². The van der Waals surface area contributed by atoms with Crippen LogP contribution in [0.3, 0.4) is 0 Å². The summed E-state index contributed by atoms with van der Waals surface area (Å²) >= 11 is 0. The van der Waals surface area contributed by atoms with E-state index in [9.17, 15) is 13.2 Å². The Morgan fingerprint density at radius 2 is 1.52 bits per heavy atom. The molecule has 0 saturated carbocycles. The number of rotatable bonds is 6. The number of carbonyl (C=O) groups is 1. The van der Waals surface area contributed by atoms with Gasteiger partial charge in [0.1, 0.15) is 18.0 Å². The third-order valence-corrected chi connectivity index (χ3v) is 9.67. The van der Waals surface area contributed by atoms with Crippen LogP contribution in [0.4, 0.5) is 4.79 Å². The Bertz CT molecular complexity index is 1910. The number of sulfonamides is 1. The van der Waals surface area contributed by atoms with Gasteiger partial charge in [-0.1, -0.05) is 78.4 Å². The number of aryl methyl sites for hydroxylation is 1. The number of aromatic nitrogens is 1. The second-order valence-electron chi connectivity index (χ2n) is 12.2. The number of benzene rings is 4. The SMILES string of the molecule is Cc1ccc(S(=O)(=O)N2Cc3c(c4ccccc4n3C(=O)OC(C)(C)C)C(c3ccc(OCc4ccccc4)cc3)C2)cc1. The van der Waals surface area contributed by atoms with Gasteiger partial charge in [-0.15, -0.1) is 0 Å². The minimum Gasteiger partial charge on any atom is -0.489 e. The Hall–Kier alpha value is -4.40. The summed E-state index contributed by atoms with van der Waals surface area (Å²) in [5.41, 5.74) is 4.47. The lowest BCUT2D eigenvalue weighted by atomic mass is 9.87. The van der Waals surface area contributed by atoms with E-state index in [-0.39, 0.29) is 23.9 Å². The highest BCUT2D eigenvalue weighted by molar-refractivity contribution is 7.89. The van der Waals surface area contributed by atoms with Crippen molar-refractivity contribution in [3.05, 3.63) is 131 Å². The van der Waals surface area contributed by atoms with Crippen molar-refractivity contribution in [1.29, 1.82) is 0 Å². The molecule has 0 aliphatic carbocycles. The van der Waals surface area contributed by atoms with Gasteiger partial charge in [0.05, 0.1) is 17.0 Å². The van der Waals surface area contributed by atoms with Crippen LogP contribution in [-0.4, -0.2) is 35.5 Å². The first-order valence-electron chi connectivity index (χ1n) is 14.7. The molecule has 6 rings (SSSR count). The topological polar surface area (TPSA) is 77.8 Å². The first-order valence-corrected chi connectivity index (χ1v) is 16.1. The summed E-state index contributed by atoms with van der Waals surface area (Å²) in [5.74, 6) is 0.379. The van der Waals surface area contributed by atoms with Crippen molar-refractivity contribution in [2.75, 3.05) is 6.54 Å². The first kappa shape index (κ1) is 29.7. The van der Waals surface area contributed by atoms with E-state index in [0.29, 0.717) is 23.6 Å². The maximum absolute atomic E-state index is 14.1. The average Bonchev–Trinajstić information content (AvgIpc) is 3.34. The second kappa shape index (κ2) is 11.6. The minimum absolute atomic E-state index is 0.0359. The van der Waals surface area contributed by atoms with Gasteiger partial charge in [0.2, 0.25) is 10.0 Å². The average molecular weight is 609 g/mol. The standard InChI is InChI=1S/C36H36N2O5S/c1-25-14-20-29(21-15-25)44(40,41)37-22-31(27-16-18-28(19-17-27)42-24-26-10-6-5-7-11-26)34-30-12-8-9-13-32(30)38(33(34)23-37)35(39)43-36(2,3)4/h5-21,31H,22-24H2,1-4H3. The molecule has 8 heteroatoms. The third-order valence-electron chi connectivity index (χ3n) is 7.84. The number of ether oxygens (including phenoxy) is 2. The van der Waals surface area contributed by atoms with Crippen molar-refractivity contribution < 1.29 is 22.7 Å². The molecule has 0 bridgehead atoms. The molecule has 4 aromatic carbocycles. The summed E-state index contributed by atoms with van der Waals surface area (Å²) < 4.78 is 43.0. The number of para-hydroxylation sites is 1. The van der Waals surface area contributed by atoms with E-state index in [1.165, 1.54) is 4.31 Å². The van der Waals surface area contributed by atoms with Gasteiger partial charge < -0.3 is 9.47 Å². The maximum Gasteiger partial charge on any atom is 0.419 e. The molecule has 226 valence electrons. The summed E-state index contributed by atoms with van der Waals surface area (Å²) in [6.45, 7) is 8.08. The monoisotopic (exact) mass is 608 g/mol. The van der Waals surface area contributed by atoms with Crippen molar-refractivity contribution >= 4 is 27.0 Å². The molecule has 5 aromatic rings. The molecule has 1 unspecified atom stereocenters. The zero-order valence-corrected chi connectivity index (χ0v) is 26.2. The number of hydrogen-bond donors (Lipinski definition) is 0. The van der Waals surface area contributed by atoms with E-state index in [2.05, 4.69) is 0 Å². The van der Waals surface area contributed by atoms with Crippen molar-refractivity contribution in [3.63, 3.8) is 0 Å². The van der Waals surface area contributed by atoms with Gasteiger partial charge in [-0.3, -0.25) is 0 Å². The molecular formula is C36H36N2O5S. The van der Waals surface area contributed by atoms with Crippen molar-refractivity contribution in [2.24, 2.45) is 0 Å². The van der Waals surface area contributed by atoms with Crippen molar-refractivity contribution in [2.45, 2.75) is 57.3 Å². The van der Waals surface area contributed by atoms with Crippen LogP contribution in [0, 0.1) is 6.92 Å². The highest BCUT2D eigenvalue weighted by atomic mass is 32.2. The molecule has 0 amide bonds. The van der Waals surface area contributed by atoms with E-state index in [1.807, 2.05) is 107 Å². The molecule has 2 heterocycles. The summed E-state index contributed by atoms with van der Waals surface area (Å²) in [5, 5.41) is 0.898. The summed E-state index contributed by atoms with van der Waals surface area (Å²) in [7, 11) is -3.88. The van der Waals surface area contributed by atoms with E-state index >= 15 is 0 Å². The van der Waals surface area contributed by atoms with Crippen LogP contribution in [-0.2, 0) is 27.9 Å². The summed E-state index contributed by atoms with van der Waals surface area (Å²) in [4.78, 5) is 13.9. The molecular weight excluding hydrogens is 572 g/mol. The quantitative estimate of drug-likeness (QED) is 0.198. The normalized spacial score (nSPS) is 15.6. The number of fused-ring (bicyclic) bond motifs is 3. The van der Waals surface area contributed by atoms with E-state index in [1.54, 1.807) is 28.8 Å². The van der Waals surface area contributed by atoms with Gasteiger partial charge in [-0.25, -0.2) is 17.8 Å². The molecule has 0 saturated heterocycles. The van der Waals surface area contributed by atoms with Crippen LogP contribution in [0.15, 0.2) is 108 Å². The maximum atomic E-state index is 14.1. The number of hydrogen-bond acceptors (Lipinski definition) is 5. The van der Waals surface area contributed by atoms with Gasteiger partial charge in [0, 0.05) is 23.5 Å². The van der Waals surface area contributed by atoms with Crippen LogP contribution in [0.25, 0.3) is 10.9 Å². The lowest BCUT2D eigenvalue weighted by Gasteiger charge is -2.33. The molecule has 0 spiro atoms. The van der Waals surface area contributed by atoms with Crippen molar-refractivity contribution in [3.8, 4) is 5.75 Å². The zero-order valence-electron chi connectivity index (χ0n) is 25.4. The van der Waals surface area contributed by atoms with Gasteiger partial charge in [-0.05, 0) is 74.7 Å². The van der Waals surface area contributed by atoms with Crippen LogP contribution >= 0.6 is 0 Å². The Kier molecular flexibility index (Phi) is 7.82. The number of nitrogens with zero attached hydrogens (tertiary/aromatic N) is 2. The van der Waals surface area contributed by atoms with Gasteiger partial charge in [0.15, 0.2) is 0 Å². The molecule has 0 N–H and O–H groups in total. The largest absolute Gasteiger partial charge is 0.489 e. The minimum atomic E-state index is -3.88. The Morgan fingerprint density at radius 1 is 0.864 bits per heavy atom. The first-order chi connectivity index (χ1) is 21.0. The molecule has 1 aliphatic rings. The fourth-order valence-corrected chi connectivity index (χ4v) is 7.17. The summed E-state index contributed by atoms with van der Waals surface area (Å²) in [6, 6.07) is 32.3. The summed E-state index contributed by atoms with van der Waals surface area (Å²) in [6.07, 6.45) is -0.534. The lowest BCUT2D eigenvalue weighted by Crippen LogP contribution is -2.40. The van der Waals surface area contributed by atoms with Gasteiger partial charge in [0.25, 0.3) is 0 Å². The van der Waals surface area contributed by atoms with Crippen LogP contribution in [0.1, 0.15) is 54.6 Å². The zero-order chi connectivity index (χ0) is 31.1. The molecule has 0 radical (unpaired) electrons. The third kappa shape index (κ3) is 5.87. The van der Waals surface area contributed by atoms with E-state index < -0.39 is 21.7 Å². The lowest BCUT2D eigenvalue weighted by molar-refractivity contribution is 0.0536. The predicted molar refractivity (Wildman–Crippen MR) is 171 cm³/mol. The highest BCUT2D eigenvalue weighted by Crippen LogP contribution is 2.42. The van der Waals surface area contributed by atoms with Gasteiger partial charge in [-0.2, -0.15) is 4.31 Å². The van der Waals surface area contributed by atoms with E-state index in [4.69, 9.17) is 9.47 Å². The van der Waals surface area contributed by atoms with E-state index in [0.717, 1.165) is 27.6 Å². The fourth-order valence-electron chi connectivity index (χ4n) is 5.76. The Balaban J connectivity index is 1.45. The molecule has 1 aliphatic heterocycles. The second-order valence-corrected chi connectivity index (χ2v) is 14.1. The fraction of sp³-hybridized carbons (Fsp3) is 0.250. The van der Waals surface area contributed by atoms with Crippen molar-refractivity contribution in [1.82, 2.24) is 8.87 Å². The predicted octanol–water partition coefficient (Wildman–Crippen LogP) is 7.65. The molecule has 0 fully saturated rings. The Morgan fingerprint density at radius 3 is 2.20 bits per heavy atom.